The summed E-state index contributed by atoms with van der Waals surface area (Å²) < 4.78 is 10.9. The first-order chi connectivity index (χ1) is 8.79. The molecule has 1 aromatic rings. The zero-order valence-corrected chi connectivity index (χ0v) is 11.6. The third-order valence-corrected chi connectivity index (χ3v) is 4.40. The van der Waals surface area contributed by atoms with Gasteiger partial charge in [-0.3, -0.25) is 0 Å². The summed E-state index contributed by atoms with van der Waals surface area (Å²) in [4.78, 5) is 0. The van der Waals surface area contributed by atoms with E-state index in [2.05, 4.69) is 0 Å². The average Bonchev–Trinajstić information content (AvgIpc) is 2.46. The van der Waals surface area contributed by atoms with Crippen molar-refractivity contribution in [2.24, 2.45) is 11.7 Å². The Labute approximate surface area is 113 Å². The predicted molar refractivity (Wildman–Crippen MR) is 76.5 cm³/mol. The van der Waals surface area contributed by atoms with Crippen LogP contribution in [-0.4, -0.2) is 31.3 Å². The van der Waals surface area contributed by atoms with Crippen molar-refractivity contribution in [3.05, 3.63) is 24.3 Å². The maximum Gasteiger partial charge on any atom is 0.123 e. The average molecular weight is 267 g/mol. The van der Waals surface area contributed by atoms with E-state index in [4.69, 9.17) is 15.2 Å². The number of benzene rings is 1. The normalized spacial score (nSPS) is 18.3. The minimum Gasteiger partial charge on any atom is -0.497 e. The molecule has 0 bridgehead atoms. The Morgan fingerprint density at radius 2 is 2.06 bits per heavy atom. The van der Waals surface area contributed by atoms with Crippen LogP contribution in [0.1, 0.15) is 12.8 Å². The minimum atomic E-state index is 0.136. The molecule has 1 aliphatic rings. The summed E-state index contributed by atoms with van der Waals surface area (Å²) in [6.45, 7) is 0.586. The first-order valence-corrected chi connectivity index (χ1v) is 7.55. The van der Waals surface area contributed by atoms with Gasteiger partial charge in [-0.05, 0) is 42.4 Å². The standard InChI is InChI=1S/C14H21NO2S/c1-16-12-3-2-4-13(9-12)17-10-14(15)11-5-7-18-8-6-11/h2-4,9,11,14H,5-8,10,15H2,1H3. The van der Waals surface area contributed by atoms with Crippen molar-refractivity contribution >= 4 is 11.8 Å². The van der Waals surface area contributed by atoms with Crippen LogP contribution in [-0.2, 0) is 0 Å². The van der Waals surface area contributed by atoms with Gasteiger partial charge in [0.25, 0.3) is 0 Å². The van der Waals surface area contributed by atoms with Crippen molar-refractivity contribution in [1.29, 1.82) is 0 Å². The smallest absolute Gasteiger partial charge is 0.123 e. The van der Waals surface area contributed by atoms with Crippen LogP contribution in [0.4, 0.5) is 0 Å². The lowest BCUT2D eigenvalue weighted by Gasteiger charge is -2.27. The molecule has 0 aliphatic carbocycles. The third kappa shape index (κ3) is 3.82. The zero-order valence-electron chi connectivity index (χ0n) is 10.8. The van der Waals surface area contributed by atoms with Crippen LogP contribution in [0, 0.1) is 5.92 Å². The van der Waals surface area contributed by atoms with Crippen LogP contribution in [0.3, 0.4) is 0 Å². The maximum atomic E-state index is 6.20. The quantitative estimate of drug-likeness (QED) is 0.890. The fourth-order valence-corrected chi connectivity index (χ4v) is 3.31. The molecule has 18 heavy (non-hydrogen) atoms. The molecule has 0 radical (unpaired) electrons. The van der Waals surface area contributed by atoms with E-state index in [1.807, 2.05) is 36.0 Å². The molecule has 1 heterocycles. The second-order valence-corrected chi connectivity index (χ2v) is 5.83. The van der Waals surface area contributed by atoms with Gasteiger partial charge < -0.3 is 15.2 Å². The molecule has 0 aromatic heterocycles. The summed E-state index contributed by atoms with van der Waals surface area (Å²) >= 11 is 2.02. The lowest BCUT2D eigenvalue weighted by Crippen LogP contribution is -2.37. The van der Waals surface area contributed by atoms with Crippen LogP contribution in [0.15, 0.2) is 24.3 Å². The van der Waals surface area contributed by atoms with E-state index < -0.39 is 0 Å². The van der Waals surface area contributed by atoms with Gasteiger partial charge in [-0.1, -0.05) is 6.07 Å². The molecule has 2 N–H and O–H groups in total. The van der Waals surface area contributed by atoms with Crippen LogP contribution in [0.5, 0.6) is 11.5 Å². The lowest BCUT2D eigenvalue weighted by atomic mass is 9.95. The van der Waals surface area contributed by atoms with E-state index in [0.717, 1.165) is 11.5 Å². The second-order valence-electron chi connectivity index (χ2n) is 4.60. The number of rotatable bonds is 5. The van der Waals surface area contributed by atoms with Gasteiger partial charge in [0.15, 0.2) is 0 Å². The summed E-state index contributed by atoms with van der Waals surface area (Å²) in [7, 11) is 1.66. The van der Waals surface area contributed by atoms with Crippen molar-refractivity contribution in [3.63, 3.8) is 0 Å². The molecular weight excluding hydrogens is 246 g/mol. The monoisotopic (exact) mass is 267 g/mol. The Bertz CT molecular complexity index is 367. The molecule has 3 nitrogen and oxygen atoms in total. The van der Waals surface area contributed by atoms with Crippen molar-refractivity contribution in [3.8, 4) is 11.5 Å². The Morgan fingerprint density at radius 1 is 1.33 bits per heavy atom. The molecule has 1 atom stereocenters. The van der Waals surface area contributed by atoms with Crippen molar-refractivity contribution in [1.82, 2.24) is 0 Å². The van der Waals surface area contributed by atoms with Gasteiger partial charge in [0, 0.05) is 12.1 Å². The number of thioether (sulfide) groups is 1. The van der Waals surface area contributed by atoms with E-state index in [-0.39, 0.29) is 6.04 Å². The molecule has 1 unspecified atom stereocenters. The van der Waals surface area contributed by atoms with E-state index in [0.29, 0.717) is 12.5 Å². The highest BCUT2D eigenvalue weighted by molar-refractivity contribution is 7.99. The Morgan fingerprint density at radius 3 is 2.78 bits per heavy atom. The molecule has 4 heteroatoms. The van der Waals surface area contributed by atoms with Gasteiger partial charge in [0.2, 0.25) is 0 Å². The molecule has 1 fully saturated rings. The van der Waals surface area contributed by atoms with E-state index in [9.17, 15) is 0 Å². The molecule has 0 spiro atoms. The Kier molecular flexibility index (Phi) is 5.20. The number of nitrogens with two attached hydrogens (primary N) is 1. The van der Waals surface area contributed by atoms with Gasteiger partial charge in [-0.2, -0.15) is 11.8 Å². The number of ether oxygens (including phenoxy) is 2. The second kappa shape index (κ2) is 6.90. The largest absolute Gasteiger partial charge is 0.497 e. The summed E-state index contributed by atoms with van der Waals surface area (Å²) in [6.07, 6.45) is 2.43. The van der Waals surface area contributed by atoms with E-state index in [1.165, 1.54) is 24.3 Å². The van der Waals surface area contributed by atoms with Crippen molar-refractivity contribution in [2.75, 3.05) is 25.2 Å². The first kappa shape index (κ1) is 13.6. The third-order valence-electron chi connectivity index (χ3n) is 3.36. The SMILES string of the molecule is COc1cccc(OCC(N)C2CCSCC2)c1. The predicted octanol–water partition coefficient (Wildman–Crippen LogP) is 2.54. The van der Waals surface area contributed by atoms with Crippen molar-refractivity contribution < 1.29 is 9.47 Å². The molecule has 0 amide bonds. The number of hydrogen-bond donors (Lipinski definition) is 1. The lowest BCUT2D eigenvalue weighted by molar-refractivity contribution is 0.238. The molecule has 100 valence electrons. The molecule has 0 saturated carbocycles. The van der Waals surface area contributed by atoms with Crippen molar-refractivity contribution in [2.45, 2.75) is 18.9 Å². The first-order valence-electron chi connectivity index (χ1n) is 6.40. The summed E-state index contributed by atoms with van der Waals surface area (Å²) in [5.74, 6) is 4.72. The summed E-state index contributed by atoms with van der Waals surface area (Å²) in [6, 6.07) is 7.80. The highest BCUT2D eigenvalue weighted by atomic mass is 32.2. The zero-order chi connectivity index (χ0) is 12.8. The molecular formula is C14H21NO2S. The van der Waals surface area contributed by atoms with Gasteiger partial charge in [-0.15, -0.1) is 0 Å². The van der Waals surface area contributed by atoms with E-state index in [1.54, 1.807) is 7.11 Å². The van der Waals surface area contributed by atoms with Gasteiger partial charge in [-0.25, -0.2) is 0 Å². The maximum absolute atomic E-state index is 6.20. The molecule has 1 aliphatic heterocycles. The minimum absolute atomic E-state index is 0.136. The highest BCUT2D eigenvalue weighted by Gasteiger charge is 2.21. The van der Waals surface area contributed by atoms with E-state index >= 15 is 0 Å². The van der Waals surface area contributed by atoms with Crippen LogP contribution in [0.2, 0.25) is 0 Å². The Hall–Kier alpha value is -0.870. The Balaban J connectivity index is 1.82. The van der Waals surface area contributed by atoms with Gasteiger partial charge in [0.05, 0.1) is 7.11 Å². The summed E-state index contributed by atoms with van der Waals surface area (Å²) in [5.41, 5.74) is 6.20. The molecule has 1 saturated heterocycles. The van der Waals surface area contributed by atoms with Gasteiger partial charge >= 0.3 is 0 Å². The van der Waals surface area contributed by atoms with Crippen LogP contribution >= 0.6 is 11.8 Å². The molecule has 1 aromatic carbocycles. The van der Waals surface area contributed by atoms with Crippen LogP contribution in [0.25, 0.3) is 0 Å². The fraction of sp³-hybridized carbons (Fsp3) is 0.571. The topological polar surface area (TPSA) is 44.5 Å². The van der Waals surface area contributed by atoms with Crippen LogP contribution < -0.4 is 15.2 Å². The number of methoxy groups -OCH3 is 1. The fourth-order valence-electron chi connectivity index (χ4n) is 2.16. The number of hydrogen-bond acceptors (Lipinski definition) is 4. The highest BCUT2D eigenvalue weighted by Crippen LogP contribution is 2.25. The molecule has 2 rings (SSSR count). The van der Waals surface area contributed by atoms with Gasteiger partial charge in [0.1, 0.15) is 18.1 Å². The summed E-state index contributed by atoms with van der Waals surface area (Å²) in [5, 5.41) is 0.